The van der Waals surface area contributed by atoms with Gasteiger partial charge in [0.15, 0.2) is 0 Å². The lowest BCUT2D eigenvalue weighted by Crippen LogP contribution is -2.37. The van der Waals surface area contributed by atoms with Crippen molar-refractivity contribution in [3.63, 3.8) is 0 Å². The molecule has 0 aliphatic carbocycles. The fourth-order valence-electron chi connectivity index (χ4n) is 1.99. The summed E-state index contributed by atoms with van der Waals surface area (Å²) >= 11 is 3.47. The fraction of sp³-hybridized carbons (Fsp3) is 0.462. The Morgan fingerprint density at radius 1 is 1.50 bits per heavy atom. The van der Waals surface area contributed by atoms with Crippen molar-refractivity contribution in [3.05, 3.63) is 28.2 Å². The first kappa shape index (κ1) is 15.5. The van der Waals surface area contributed by atoms with Crippen LogP contribution in [0.1, 0.15) is 18.4 Å². The quantitative estimate of drug-likeness (QED) is 0.873. The molecule has 2 rings (SSSR count). The van der Waals surface area contributed by atoms with Gasteiger partial charge >= 0.3 is 0 Å². The van der Waals surface area contributed by atoms with Gasteiger partial charge in [-0.2, -0.15) is 0 Å². The molecule has 1 aromatic carbocycles. The van der Waals surface area contributed by atoms with Crippen LogP contribution in [0.2, 0.25) is 0 Å². The SMILES string of the molecule is Cc1ccc(NC(=O)[C@@H]2CCCNC2)cc1Br.Cl. The molecule has 0 radical (unpaired) electrons. The molecule has 1 fully saturated rings. The van der Waals surface area contributed by atoms with Gasteiger partial charge in [-0.3, -0.25) is 4.79 Å². The van der Waals surface area contributed by atoms with Gasteiger partial charge in [-0.25, -0.2) is 0 Å². The predicted octanol–water partition coefficient (Wildman–Crippen LogP) is 3.12. The van der Waals surface area contributed by atoms with Gasteiger partial charge in [-0.05, 0) is 44.0 Å². The van der Waals surface area contributed by atoms with E-state index in [2.05, 4.69) is 26.6 Å². The summed E-state index contributed by atoms with van der Waals surface area (Å²) in [5.74, 6) is 0.219. The van der Waals surface area contributed by atoms with Crippen LogP contribution in [0, 0.1) is 12.8 Å². The predicted molar refractivity (Wildman–Crippen MR) is 80.4 cm³/mol. The average Bonchev–Trinajstić information content (AvgIpc) is 2.35. The molecule has 1 aliphatic rings. The molecule has 0 saturated carbocycles. The van der Waals surface area contributed by atoms with Crippen LogP contribution in [0.25, 0.3) is 0 Å². The van der Waals surface area contributed by atoms with Crippen molar-refractivity contribution < 1.29 is 4.79 Å². The molecule has 1 heterocycles. The van der Waals surface area contributed by atoms with Crippen LogP contribution in [-0.2, 0) is 4.79 Å². The zero-order valence-corrected chi connectivity index (χ0v) is 12.7. The number of nitrogens with one attached hydrogen (secondary N) is 2. The van der Waals surface area contributed by atoms with E-state index >= 15 is 0 Å². The van der Waals surface area contributed by atoms with Crippen molar-refractivity contribution in [2.75, 3.05) is 18.4 Å². The normalized spacial score (nSPS) is 18.9. The number of hydrogen-bond acceptors (Lipinski definition) is 2. The highest BCUT2D eigenvalue weighted by atomic mass is 79.9. The molecule has 0 unspecified atom stereocenters. The van der Waals surface area contributed by atoms with E-state index in [-0.39, 0.29) is 24.2 Å². The first-order valence-electron chi connectivity index (χ1n) is 5.94. The molecule has 1 saturated heterocycles. The fourth-order valence-corrected chi connectivity index (χ4v) is 2.37. The summed E-state index contributed by atoms with van der Waals surface area (Å²) in [5, 5.41) is 6.22. The van der Waals surface area contributed by atoms with Gasteiger partial charge in [0.25, 0.3) is 0 Å². The van der Waals surface area contributed by atoms with Crippen LogP contribution in [0.3, 0.4) is 0 Å². The maximum absolute atomic E-state index is 12.0. The highest BCUT2D eigenvalue weighted by Crippen LogP contribution is 2.21. The second kappa shape index (κ2) is 7.12. The second-order valence-corrected chi connectivity index (χ2v) is 5.35. The summed E-state index contributed by atoms with van der Waals surface area (Å²) < 4.78 is 1.03. The van der Waals surface area contributed by atoms with Gasteiger partial charge in [-0.1, -0.05) is 22.0 Å². The molecule has 0 bridgehead atoms. The van der Waals surface area contributed by atoms with Crippen molar-refractivity contribution in [1.29, 1.82) is 0 Å². The van der Waals surface area contributed by atoms with Crippen LogP contribution < -0.4 is 10.6 Å². The van der Waals surface area contributed by atoms with Crippen LogP contribution >= 0.6 is 28.3 Å². The first-order valence-corrected chi connectivity index (χ1v) is 6.74. The Balaban J connectivity index is 0.00000162. The molecule has 1 aliphatic heterocycles. The Morgan fingerprint density at radius 3 is 2.89 bits per heavy atom. The van der Waals surface area contributed by atoms with Crippen molar-refractivity contribution in [2.45, 2.75) is 19.8 Å². The summed E-state index contributed by atoms with van der Waals surface area (Å²) in [5.41, 5.74) is 2.03. The number of piperidine rings is 1. The standard InChI is InChI=1S/C13H17BrN2O.ClH/c1-9-4-5-11(7-12(9)14)16-13(17)10-3-2-6-15-8-10;/h4-5,7,10,15H,2-3,6,8H2,1H3,(H,16,17);1H/t10-;/m1./s1. The summed E-state index contributed by atoms with van der Waals surface area (Å²) in [4.78, 5) is 12.0. The Kier molecular flexibility index (Phi) is 6.12. The monoisotopic (exact) mass is 332 g/mol. The van der Waals surface area contributed by atoms with E-state index in [0.717, 1.165) is 36.1 Å². The molecule has 1 aromatic rings. The number of rotatable bonds is 2. The Bertz CT molecular complexity index is 419. The summed E-state index contributed by atoms with van der Waals surface area (Å²) in [6, 6.07) is 5.89. The minimum absolute atomic E-state index is 0. The molecule has 3 nitrogen and oxygen atoms in total. The maximum Gasteiger partial charge on any atom is 0.228 e. The van der Waals surface area contributed by atoms with Gasteiger partial charge < -0.3 is 10.6 Å². The Morgan fingerprint density at radius 2 is 2.28 bits per heavy atom. The molecule has 1 atom stereocenters. The number of anilines is 1. The van der Waals surface area contributed by atoms with Crippen molar-refractivity contribution in [3.8, 4) is 0 Å². The van der Waals surface area contributed by atoms with Gasteiger partial charge in [0, 0.05) is 16.7 Å². The minimum atomic E-state index is 0. The van der Waals surface area contributed by atoms with E-state index in [1.165, 1.54) is 5.56 Å². The summed E-state index contributed by atoms with van der Waals surface area (Å²) in [6.07, 6.45) is 2.06. The highest BCUT2D eigenvalue weighted by molar-refractivity contribution is 9.10. The van der Waals surface area contributed by atoms with Crippen LogP contribution in [0.5, 0.6) is 0 Å². The average molecular weight is 334 g/mol. The van der Waals surface area contributed by atoms with Gasteiger partial charge in [0.05, 0.1) is 5.92 Å². The van der Waals surface area contributed by atoms with Crippen LogP contribution in [0.15, 0.2) is 22.7 Å². The third-order valence-electron chi connectivity index (χ3n) is 3.11. The van der Waals surface area contributed by atoms with Gasteiger partial charge in [0.2, 0.25) is 5.91 Å². The minimum Gasteiger partial charge on any atom is -0.326 e. The number of carbonyl (C=O) groups is 1. The third kappa shape index (κ3) is 3.97. The molecule has 18 heavy (non-hydrogen) atoms. The van der Waals surface area contributed by atoms with Crippen molar-refractivity contribution in [2.24, 2.45) is 5.92 Å². The number of amides is 1. The molecule has 100 valence electrons. The molecule has 1 amide bonds. The number of halogens is 2. The molecule has 0 aromatic heterocycles. The van der Waals surface area contributed by atoms with Crippen molar-refractivity contribution >= 4 is 39.9 Å². The first-order chi connectivity index (χ1) is 8.16. The van der Waals surface area contributed by atoms with E-state index in [1.54, 1.807) is 0 Å². The lowest BCUT2D eigenvalue weighted by Gasteiger charge is -2.22. The summed E-state index contributed by atoms with van der Waals surface area (Å²) in [6.45, 7) is 3.85. The lowest BCUT2D eigenvalue weighted by molar-refractivity contribution is -0.120. The Hall–Kier alpha value is -0.580. The van der Waals surface area contributed by atoms with E-state index < -0.39 is 0 Å². The topological polar surface area (TPSA) is 41.1 Å². The molecule has 0 spiro atoms. The largest absolute Gasteiger partial charge is 0.326 e. The highest BCUT2D eigenvalue weighted by Gasteiger charge is 2.20. The van der Waals surface area contributed by atoms with Crippen LogP contribution in [-0.4, -0.2) is 19.0 Å². The molecule has 2 N–H and O–H groups in total. The molecule has 5 heteroatoms. The zero-order chi connectivity index (χ0) is 12.3. The second-order valence-electron chi connectivity index (χ2n) is 4.50. The van der Waals surface area contributed by atoms with E-state index in [0.29, 0.717) is 0 Å². The van der Waals surface area contributed by atoms with E-state index in [4.69, 9.17) is 0 Å². The third-order valence-corrected chi connectivity index (χ3v) is 3.96. The van der Waals surface area contributed by atoms with Crippen LogP contribution in [0.4, 0.5) is 5.69 Å². The number of aryl methyl sites for hydroxylation is 1. The number of carbonyl (C=O) groups excluding carboxylic acids is 1. The molecular formula is C13H18BrClN2O. The zero-order valence-electron chi connectivity index (χ0n) is 10.3. The lowest BCUT2D eigenvalue weighted by atomic mass is 9.99. The van der Waals surface area contributed by atoms with Gasteiger partial charge in [0.1, 0.15) is 0 Å². The van der Waals surface area contributed by atoms with E-state index in [9.17, 15) is 4.79 Å². The maximum atomic E-state index is 12.0. The number of benzene rings is 1. The smallest absolute Gasteiger partial charge is 0.228 e. The van der Waals surface area contributed by atoms with Crippen molar-refractivity contribution in [1.82, 2.24) is 5.32 Å². The Labute approximate surface area is 122 Å². The number of hydrogen-bond donors (Lipinski definition) is 2. The molecular weight excluding hydrogens is 316 g/mol. The van der Waals surface area contributed by atoms with Gasteiger partial charge in [-0.15, -0.1) is 12.4 Å². The van der Waals surface area contributed by atoms with E-state index in [1.807, 2.05) is 25.1 Å². The summed E-state index contributed by atoms with van der Waals surface area (Å²) in [7, 11) is 0.